The lowest BCUT2D eigenvalue weighted by Gasteiger charge is -2.38. The van der Waals surface area contributed by atoms with Crippen molar-refractivity contribution in [1.29, 1.82) is 0 Å². The van der Waals surface area contributed by atoms with E-state index in [1.54, 1.807) is 13.2 Å². The molecule has 3 atom stereocenters. The van der Waals surface area contributed by atoms with E-state index in [1.165, 1.54) is 0 Å². The molecule has 0 spiro atoms. The van der Waals surface area contributed by atoms with Gasteiger partial charge in [0.2, 0.25) is 0 Å². The van der Waals surface area contributed by atoms with Crippen molar-refractivity contribution in [2.75, 3.05) is 7.11 Å². The highest BCUT2D eigenvalue weighted by Gasteiger charge is 2.43. The summed E-state index contributed by atoms with van der Waals surface area (Å²) in [5, 5.41) is 1.20. The standard InChI is InChI=1S/C16H28Cl2O3Si/c1-8-9-13(19-5)20-11-10-12(15(18)14(11)17)21-22(6,7)16(2,3)4/h8,11-13H,1,9-10H2,2-7H3. The Hall–Kier alpha value is 0.157. The number of halogens is 2. The van der Waals surface area contributed by atoms with Gasteiger partial charge in [-0.15, -0.1) is 6.58 Å². The van der Waals surface area contributed by atoms with E-state index in [0.29, 0.717) is 22.9 Å². The molecule has 1 aliphatic carbocycles. The molecular weight excluding hydrogens is 339 g/mol. The number of methoxy groups -OCH3 is 1. The van der Waals surface area contributed by atoms with Crippen LogP contribution in [-0.2, 0) is 13.9 Å². The minimum atomic E-state index is -1.91. The van der Waals surface area contributed by atoms with Crippen molar-refractivity contribution in [2.24, 2.45) is 0 Å². The van der Waals surface area contributed by atoms with Gasteiger partial charge in [0.1, 0.15) is 6.10 Å². The molecule has 0 aromatic rings. The Morgan fingerprint density at radius 1 is 1.27 bits per heavy atom. The predicted molar refractivity (Wildman–Crippen MR) is 95.9 cm³/mol. The Kier molecular flexibility index (Phi) is 7.18. The summed E-state index contributed by atoms with van der Waals surface area (Å²) in [6.45, 7) is 14.7. The molecule has 0 aromatic carbocycles. The van der Waals surface area contributed by atoms with Crippen molar-refractivity contribution in [3.8, 4) is 0 Å². The second kappa shape index (κ2) is 7.82. The molecular formula is C16H28Cl2O3Si. The maximum atomic E-state index is 6.39. The van der Waals surface area contributed by atoms with E-state index >= 15 is 0 Å². The highest BCUT2D eigenvalue weighted by atomic mass is 35.5. The molecule has 3 nitrogen and oxygen atoms in total. The Balaban J connectivity index is 2.78. The second-order valence-electron chi connectivity index (χ2n) is 7.11. The molecule has 0 aromatic heterocycles. The van der Waals surface area contributed by atoms with Crippen LogP contribution in [0.1, 0.15) is 33.6 Å². The lowest BCUT2D eigenvalue weighted by atomic mass is 10.2. The van der Waals surface area contributed by atoms with Crippen molar-refractivity contribution < 1.29 is 13.9 Å². The summed E-state index contributed by atoms with van der Waals surface area (Å²) in [5.41, 5.74) is 0. The summed E-state index contributed by atoms with van der Waals surface area (Å²) >= 11 is 12.7. The average Bonchev–Trinajstić information content (AvgIpc) is 2.65. The van der Waals surface area contributed by atoms with E-state index in [2.05, 4.69) is 40.4 Å². The molecule has 22 heavy (non-hydrogen) atoms. The molecule has 0 radical (unpaired) electrons. The molecule has 128 valence electrons. The Morgan fingerprint density at radius 2 is 1.82 bits per heavy atom. The zero-order chi connectivity index (χ0) is 17.1. The van der Waals surface area contributed by atoms with Gasteiger partial charge >= 0.3 is 0 Å². The average molecular weight is 367 g/mol. The van der Waals surface area contributed by atoms with Crippen LogP contribution in [0.2, 0.25) is 18.1 Å². The van der Waals surface area contributed by atoms with Crippen LogP contribution in [0.3, 0.4) is 0 Å². The number of ether oxygens (including phenoxy) is 2. The predicted octanol–water partition coefficient (Wildman–Crippen LogP) is 5.40. The Morgan fingerprint density at radius 3 is 2.27 bits per heavy atom. The lowest BCUT2D eigenvalue weighted by Crippen LogP contribution is -2.44. The SMILES string of the molecule is C=CCC(OC)OC1CC(O[Si](C)(C)C(C)(C)C)C(Cl)=C1Cl. The van der Waals surface area contributed by atoms with Gasteiger partial charge in [-0.3, -0.25) is 0 Å². The van der Waals surface area contributed by atoms with Gasteiger partial charge in [-0.1, -0.05) is 50.0 Å². The first-order chi connectivity index (χ1) is 10.0. The molecule has 0 amide bonds. The monoisotopic (exact) mass is 366 g/mol. The van der Waals surface area contributed by atoms with Crippen LogP contribution in [0.5, 0.6) is 0 Å². The van der Waals surface area contributed by atoms with Crippen LogP contribution < -0.4 is 0 Å². The summed E-state index contributed by atoms with van der Waals surface area (Å²) in [6, 6.07) is 0. The van der Waals surface area contributed by atoms with E-state index in [-0.39, 0.29) is 23.5 Å². The van der Waals surface area contributed by atoms with Crippen molar-refractivity contribution in [3.63, 3.8) is 0 Å². The first kappa shape index (κ1) is 20.2. The third-order valence-electron chi connectivity index (χ3n) is 4.40. The Labute approximate surface area is 145 Å². The van der Waals surface area contributed by atoms with Crippen LogP contribution >= 0.6 is 23.2 Å². The van der Waals surface area contributed by atoms with E-state index in [9.17, 15) is 0 Å². The van der Waals surface area contributed by atoms with Gasteiger partial charge in [-0.25, -0.2) is 0 Å². The van der Waals surface area contributed by atoms with E-state index < -0.39 is 8.32 Å². The topological polar surface area (TPSA) is 27.7 Å². The van der Waals surface area contributed by atoms with Crippen molar-refractivity contribution >= 4 is 31.5 Å². The molecule has 0 N–H and O–H groups in total. The first-order valence-corrected chi connectivity index (χ1v) is 11.2. The zero-order valence-corrected chi connectivity index (χ0v) is 16.9. The zero-order valence-electron chi connectivity index (χ0n) is 14.4. The van der Waals surface area contributed by atoms with Crippen LogP contribution in [-0.4, -0.2) is 33.9 Å². The largest absolute Gasteiger partial charge is 0.409 e. The number of rotatable bonds is 7. The van der Waals surface area contributed by atoms with Crippen molar-refractivity contribution in [2.45, 2.75) is 70.2 Å². The minimum absolute atomic E-state index is 0.119. The molecule has 0 saturated heterocycles. The summed E-state index contributed by atoms with van der Waals surface area (Å²) in [5.74, 6) is 0. The van der Waals surface area contributed by atoms with Gasteiger partial charge in [-0.05, 0) is 18.1 Å². The van der Waals surface area contributed by atoms with Gasteiger partial charge in [0.05, 0.1) is 16.2 Å². The highest BCUT2D eigenvalue weighted by molar-refractivity contribution is 6.74. The molecule has 0 saturated carbocycles. The molecule has 0 fully saturated rings. The van der Waals surface area contributed by atoms with Crippen LogP contribution in [0, 0.1) is 0 Å². The van der Waals surface area contributed by atoms with Crippen LogP contribution in [0.4, 0.5) is 0 Å². The fourth-order valence-electron chi connectivity index (χ4n) is 1.98. The van der Waals surface area contributed by atoms with Gasteiger partial charge in [0, 0.05) is 20.0 Å². The second-order valence-corrected chi connectivity index (χ2v) is 12.7. The molecule has 6 heteroatoms. The third-order valence-corrected chi connectivity index (χ3v) is 9.88. The van der Waals surface area contributed by atoms with Gasteiger partial charge in [0.15, 0.2) is 14.6 Å². The minimum Gasteiger partial charge on any atom is -0.409 e. The van der Waals surface area contributed by atoms with Crippen LogP contribution in [0.15, 0.2) is 22.7 Å². The Bertz CT molecular complexity index is 430. The summed E-state index contributed by atoms with van der Waals surface area (Å²) in [6.07, 6.45) is 2.14. The van der Waals surface area contributed by atoms with E-state index in [4.69, 9.17) is 37.1 Å². The van der Waals surface area contributed by atoms with Gasteiger partial charge in [0.25, 0.3) is 0 Å². The van der Waals surface area contributed by atoms with Crippen molar-refractivity contribution in [1.82, 2.24) is 0 Å². The van der Waals surface area contributed by atoms with E-state index in [1.807, 2.05) is 0 Å². The number of hydrogen-bond acceptors (Lipinski definition) is 3. The first-order valence-electron chi connectivity index (χ1n) is 7.55. The fraction of sp³-hybridized carbons (Fsp3) is 0.750. The molecule has 1 aliphatic rings. The summed E-state index contributed by atoms with van der Waals surface area (Å²) in [7, 11) is -0.311. The molecule has 0 aliphatic heterocycles. The summed E-state index contributed by atoms with van der Waals surface area (Å²) in [4.78, 5) is 0. The quantitative estimate of drug-likeness (QED) is 0.342. The summed E-state index contributed by atoms with van der Waals surface area (Å²) < 4.78 is 17.5. The van der Waals surface area contributed by atoms with Gasteiger partial charge in [-0.2, -0.15) is 0 Å². The lowest BCUT2D eigenvalue weighted by molar-refractivity contribution is -0.143. The van der Waals surface area contributed by atoms with Gasteiger partial charge < -0.3 is 13.9 Å². The molecule has 0 bridgehead atoms. The maximum Gasteiger partial charge on any atom is 0.192 e. The normalized spacial score (nSPS) is 24.7. The fourth-order valence-corrected chi connectivity index (χ4v) is 3.85. The highest BCUT2D eigenvalue weighted by Crippen LogP contribution is 2.43. The van der Waals surface area contributed by atoms with Crippen LogP contribution in [0.25, 0.3) is 0 Å². The third kappa shape index (κ3) is 4.82. The smallest absolute Gasteiger partial charge is 0.192 e. The number of hydrogen-bond donors (Lipinski definition) is 0. The van der Waals surface area contributed by atoms with Crippen molar-refractivity contribution in [3.05, 3.63) is 22.7 Å². The molecule has 0 heterocycles. The van der Waals surface area contributed by atoms with E-state index in [0.717, 1.165) is 0 Å². The molecule has 3 unspecified atom stereocenters. The molecule has 1 rings (SSSR count). The maximum absolute atomic E-state index is 6.39.